The van der Waals surface area contributed by atoms with Crippen molar-refractivity contribution in [1.29, 1.82) is 0 Å². The number of esters is 1. The third-order valence-corrected chi connectivity index (χ3v) is 15.2. The van der Waals surface area contributed by atoms with Crippen LogP contribution in [0.25, 0.3) is 0 Å². The molecule has 0 aromatic heterocycles. The van der Waals surface area contributed by atoms with Crippen molar-refractivity contribution in [3.8, 4) is 28.7 Å². The van der Waals surface area contributed by atoms with Crippen LogP contribution in [0.3, 0.4) is 0 Å². The topological polar surface area (TPSA) is 117 Å². The first-order valence-electron chi connectivity index (χ1n) is 30.8. The highest BCUT2D eigenvalue weighted by Gasteiger charge is 2.97. The second kappa shape index (κ2) is 35.9. The Morgan fingerprint density at radius 3 is 1.02 bits per heavy atom. The molecule has 0 atom stereocenters. The van der Waals surface area contributed by atoms with Gasteiger partial charge in [0.1, 0.15) is 13.2 Å². The highest BCUT2D eigenvalue weighted by molar-refractivity contribution is 5.98. The first kappa shape index (κ1) is 93.0. The Bertz CT molecular complexity index is 3080. The maximum Gasteiger partial charge on any atom is 0.460 e. The van der Waals surface area contributed by atoms with Gasteiger partial charge in [0.25, 0.3) is 0 Å². The van der Waals surface area contributed by atoms with E-state index in [-0.39, 0.29) is 89.4 Å². The number of carbonyl (C=O) groups is 2. The molecule has 0 unspecified atom stereocenters. The Hall–Kier alpha value is -6.18. The number of ketones is 1. The molecule has 1 heterocycles. The number of carbonyl (C=O) groups excluding carboxylic acids is 2. The van der Waals surface area contributed by atoms with Crippen LogP contribution in [0, 0.1) is 0 Å². The number of rotatable bonds is 41. The second-order valence-corrected chi connectivity index (χ2v) is 23.0. The molecule has 0 bridgehead atoms. The molecule has 3 rings (SSSR count). The van der Waals surface area contributed by atoms with Crippen LogP contribution in [-0.2, 0) is 30.2 Å². The SMILES string of the molecule is C=CC(=O)OCCCCCCCCCCCOc1cc(C(=O)Cc2ccc3c(c2)OCCOCCOCCOCCO3)cc(OCCCCC(F)(F)C(F)(F)C(F)(F)C(F)(F)C(F)(F)C(F)(F)C(F)(F)C(F)(F)F)c1OCCCCC(F)(F)C(F)(F)C(F)(F)C(F)(F)C(F)(F)C(F)(F)C(F)(F)C(F)(F)F. The Kier molecular flexibility index (Phi) is 31.8. The van der Waals surface area contributed by atoms with Crippen molar-refractivity contribution in [2.75, 3.05) is 79.3 Å². The zero-order chi connectivity index (χ0) is 80.6. The summed E-state index contributed by atoms with van der Waals surface area (Å²) in [5, 5.41) is 0. The summed E-state index contributed by atoms with van der Waals surface area (Å²) < 4.78 is 525. The zero-order valence-corrected chi connectivity index (χ0v) is 53.8. The number of fused-ring (bicyclic) bond motifs is 1. The predicted octanol–water partition coefficient (Wildman–Crippen LogP) is 19.7. The van der Waals surface area contributed by atoms with Gasteiger partial charge in [0.05, 0.1) is 66.1 Å². The fourth-order valence-corrected chi connectivity index (χ4v) is 9.06. The maximum atomic E-state index is 15.0. The molecule has 0 amide bonds. The monoisotopic (exact) mass is 1610 g/mol. The van der Waals surface area contributed by atoms with Gasteiger partial charge in [-0.05, 0) is 68.4 Å². The summed E-state index contributed by atoms with van der Waals surface area (Å²) in [6, 6.07) is 5.24. The molecule has 0 spiro atoms. The Labute approximate surface area is 572 Å². The molecule has 105 heavy (non-hydrogen) atoms. The molecule has 0 N–H and O–H groups in total. The van der Waals surface area contributed by atoms with E-state index < -0.39 is 195 Å². The quantitative estimate of drug-likeness (QED) is 0.0208. The summed E-state index contributed by atoms with van der Waals surface area (Å²) in [6.45, 7) is 0.393. The molecule has 0 saturated carbocycles. The van der Waals surface area contributed by atoms with Gasteiger partial charge in [-0.15, -0.1) is 0 Å². The lowest BCUT2D eigenvalue weighted by atomic mass is 9.88. The molecule has 0 fully saturated rings. The van der Waals surface area contributed by atoms with Crippen molar-refractivity contribution < 1.29 is 201 Å². The standard InChI is InChI=1S/C60H64F34O11/c1-2-43(96)104-22-13-9-7-5-3-4-6-8-12-20-100-41-34-37(38(95)32-36-16-17-39-40(33-36)103-31-29-99-27-25-97-24-26-98-28-30-102-39)35-42(101-21-14-10-18-45(61,62)47(65,66)49(69,70)51(73,74)53(77,78)55(81,82)57(85,86)59(89,90)91)44(41)105-23-15-11-19-46(63,64)48(67,68)50(71,72)52(75,76)54(79,80)56(83,84)58(87,88)60(92,93)94/h2,16-17,33-35H,1,3-15,18-32H2. The van der Waals surface area contributed by atoms with Crippen molar-refractivity contribution in [1.82, 2.24) is 0 Å². The van der Waals surface area contributed by atoms with Crippen LogP contribution in [-0.4, -0.2) is 186 Å². The lowest BCUT2D eigenvalue weighted by Gasteiger charge is -2.42. The summed E-state index contributed by atoms with van der Waals surface area (Å²) in [6.07, 6.45) is -23.6. The normalized spacial score (nSPS) is 15.8. The molecular weight excluding hydrogens is 1540 g/mol. The highest BCUT2D eigenvalue weighted by atomic mass is 19.4. The Balaban J connectivity index is 2.11. The summed E-state index contributed by atoms with van der Waals surface area (Å²) in [5.41, 5.74) is -0.552. The van der Waals surface area contributed by atoms with E-state index in [1.807, 2.05) is 0 Å². The van der Waals surface area contributed by atoms with Crippen LogP contribution in [0.15, 0.2) is 43.0 Å². The maximum absolute atomic E-state index is 15.0. The van der Waals surface area contributed by atoms with E-state index >= 15 is 0 Å². The Morgan fingerprint density at radius 1 is 0.352 bits per heavy atom. The number of hydrogen-bond acceptors (Lipinski definition) is 11. The molecular formula is C60H64F34O11. The molecule has 0 aliphatic carbocycles. The Morgan fingerprint density at radius 2 is 0.657 bits per heavy atom. The van der Waals surface area contributed by atoms with Crippen LogP contribution in [0.2, 0.25) is 0 Å². The number of alkyl halides is 34. The van der Waals surface area contributed by atoms with Gasteiger partial charge in [-0.25, -0.2) is 4.79 Å². The zero-order valence-electron chi connectivity index (χ0n) is 53.8. The van der Waals surface area contributed by atoms with Gasteiger partial charge < -0.3 is 42.6 Å². The summed E-state index contributed by atoms with van der Waals surface area (Å²) in [4.78, 5) is 25.4. The number of ether oxygens (including phenoxy) is 9. The van der Waals surface area contributed by atoms with Crippen LogP contribution < -0.4 is 23.7 Å². The third kappa shape index (κ3) is 20.6. The molecule has 0 radical (unpaired) electrons. The van der Waals surface area contributed by atoms with E-state index in [2.05, 4.69) is 6.58 Å². The van der Waals surface area contributed by atoms with Gasteiger partial charge >= 0.3 is 101 Å². The second-order valence-electron chi connectivity index (χ2n) is 23.0. The largest absolute Gasteiger partial charge is 0.490 e. The average molecular weight is 1610 g/mol. The fourth-order valence-electron chi connectivity index (χ4n) is 9.06. The first-order valence-corrected chi connectivity index (χ1v) is 30.8. The lowest BCUT2D eigenvalue weighted by molar-refractivity contribution is -0.461. The summed E-state index contributed by atoms with van der Waals surface area (Å²) in [7, 11) is 0. The molecule has 608 valence electrons. The van der Waals surface area contributed by atoms with Gasteiger partial charge in [0.15, 0.2) is 28.8 Å². The summed E-state index contributed by atoms with van der Waals surface area (Å²) in [5.74, 6) is -122. The molecule has 2 aromatic rings. The predicted molar refractivity (Wildman–Crippen MR) is 293 cm³/mol. The van der Waals surface area contributed by atoms with Crippen LogP contribution in [0.1, 0.15) is 112 Å². The third-order valence-electron chi connectivity index (χ3n) is 15.2. The van der Waals surface area contributed by atoms with Crippen molar-refractivity contribution in [2.45, 2.75) is 198 Å². The van der Waals surface area contributed by atoms with Crippen LogP contribution in [0.5, 0.6) is 28.7 Å². The van der Waals surface area contributed by atoms with Gasteiger partial charge in [0.2, 0.25) is 5.75 Å². The van der Waals surface area contributed by atoms with Crippen molar-refractivity contribution in [2.24, 2.45) is 0 Å². The van der Waals surface area contributed by atoms with Gasteiger partial charge in [-0.2, -0.15) is 149 Å². The van der Waals surface area contributed by atoms with Gasteiger partial charge in [-0.1, -0.05) is 57.6 Å². The minimum absolute atomic E-state index is 0.00911. The fraction of sp³-hybridized carbons (Fsp3) is 0.733. The van der Waals surface area contributed by atoms with E-state index in [0.29, 0.717) is 51.0 Å². The first-order chi connectivity index (χ1) is 47.8. The van der Waals surface area contributed by atoms with E-state index in [1.54, 1.807) is 0 Å². The average Bonchev–Trinajstić information content (AvgIpc) is 0.702. The number of unbranched alkanes of at least 4 members (excludes halogenated alkanes) is 10. The smallest absolute Gasteiger partial charge is 0.460 e. The minimum atomic E-state index is -8.95. The molecule has 45 heteroatoms. The van der Waals surface area contributed by atoms with E-state index in [4.69, 9.17) is 42.6 Å². The van der Waals surface area contributed by atoms with E-state index in [0.717, 1.165) is 12.1 Å². The van der Waals surface area contributed by atoms with E-state index in [9.17, 15) is 159 Å². The van der Waals surface area contributed by atoms with Crippen molar-refractivity contribution in [3.05, 3.63) is 54.1 Å². The minimum Gasteiger partial charge on any atom is -0.490 e. The lowest BCUT2D eigenvalue weighted by Crippen LogP contribution is -2.74. The van der Waals surface area contributed by atoms with E-state index in [1.165, 1.54) is 18.2 Å². The molecule has 11 nitrogen and oxygen atoms in total. The molecule has 0 saturated heterocycles. The number of halogens is 34. The van der Waals surface area contributed by atoms with Gasteiger partial charge in [0, 0.05) is 30.9 Å². The number of Topliss-reactive ketones (excluding diaryl/α,β-unsaturated/α-hetero) is 1. The summed E-state index contributed by atoms with van der Waals surface area (Å²) >= 11 is 0. The molecule has 2 aromatic carbocycles. The number of benzene rings is 2. The number of hydrogen-bond donors (Lipinski definition) is 0. The van der Waals surface area contributed by atoms with Crippen LogP contribution in [0.4, 0.5) is 149 Å². The molecule has 1 aliphatic heterocycles. The molecule has 1 aliphatic rings. The van der Waals surface area contributed by atoms with Crippen LogP contribution >= 0.6 is 0 Å². The van der Waals surface area contributed by atoms with Gasteiger partial charge in [-0.3, -0.25) is 4.79 Å². The highest BCUT2D eigenvalue weighted by Crippen LogP contribution is 2.67. The van der Waals surface area contributed by atoms with Crippen molar-refractivity contribution in [3.63, 3.8) is 0 Å². The van der Waals surface area contributed by atoms with Crippen molar-refractivity contribution >= 4 is 11.8 Å².